The van der Waals surface area contributed by atoms with Crippen molar-refractivity contribution in [2.45, 2.75) is 13.5 Å². The molecule has 0 atom stereocenters. The van der Waals surface area contributed by atoms with Gasteiger partial charge in [0.05, 0.1) is 5.69 Å². The van der Waals surface area contributed by atoms with Gasteiger partial charge < -0.3 is 10.6 Å². The highest BCUT2D eigenvalue weighted by molar-refractivity contribution is 9.10. The first kappa shape index (κ1) is 10.5. The van der Waals surface area contributed by atoms with E-state index >= 15 is 0 Å². The van der Waals surface area contributed by atoms with Crippen molar-refractivity contribution in [1.82, 2.24) is 4.90 Å². The molecule has 13 heavy (non-hydrogen) atoms. The number of anilines is 1. The number of nitrogen functional groups attached to an aromatic ring is 1. The molecule has 0 spiro atoms. The molecule has 0 radical (unpaired) electrons. The molecular weight excluding hydrogens is 228 g/mol. The fraction of sp³-hybridized carbons (Fsp3) is 0.400. The lowest BCUT2D eigenvalue weighted by atomic mass is 10.1. The highest BCUT2D eigenvalue weighted by Crippen LogP contribution is 2.25. The van der Waals surface area contributed by atoms with E-state index in [4.69, 9.17) is 5.73 Å². The number of benzene rings is 1. The molecule has 0 aliphatic rings. The zero-order valence-electron chi connectivity index (χ0n) is 8.26. The van der Waals surface area contributed by atoms with E-state index in [1.807, 2.05) is 20.2 Å². The molecule has 0 saturated heterocycles. The van der Waals surface area contributed by atoms with Crippen LogP contribution in [0.15, 0.2) is 16.6 Å². The molecule has 1 aromatic rings. The molecule has 0 aliphatic heterocycles. The third-order valence-electron chi connectivity index (χ3n) is 1.85. The van der Waals surface area contributed by atoms with Crippen LogP contribution in [0.1, 0.15) is 11.1 Å². The summed E-state index contributed by atoms with van der Waals surface area (Å²) in [5.74, 6) is 0. The van der Waals surface area contributed by atoms with E-state index in [-0.39, 0.29) is 0 Å². The SMILES string of the molecule is Cc1cc(Br)c(N)c(CN(C)C)c1. The van der Waals surface area contributed by atoms with Crippen molar-refractivity contribution in [3.8, 4) is 0 Å². The monoisotopic (exact) mass is 242 g/mol. The smallest absolute Gasteiger partial charge is 0.0504 e. The minimum absolute atomic E-state index is 0.847. The van der Waals surface area contributed by atoms with Gasteiger partial charge in [0.2, 0.25) is 0 Å². The highest BCUT2D eigenvalue weighted by Gasteiger charge is 2.05. The number of nitrogens with zero attached hydrogens (tertiary/aromatic N) is 1. The van der Waals surface area contributed by atoms with E-state index in [1.54, 1.807) is 0 Å². The van der Waals surface area contributed by atoms with Crippen LogP contribution in [0.5, 0.6) is 0 Å². The first-order valence-electron chi connectivity index (χ1n) is 4.20. The Morgan fingerprint density at radius 1 is 1.38 bits per heavy atom. The highest BCUT2D eigenvalue weighted by atomic mass is 79.9. The minimum atomic E-state index is 0.847. The predicted molar refractivity (Wildman–Crippen MR) is 60.7 cm³/mol. The fourth-order valence-corrected chi connectivity index (χ4v) is 1.91. The number of hydrogen-bond acceptors (Lipinski definition) is 2. The molecule has 72 valence electrons. The van der Waals surface area contributed by atoms with E-state index in [0.717, 1.165) is 16.7 Å². The van der Waals surface area contributed by atoms with Crippen LogP contribution in [-0.2, 0) is 6.54 Å². The van der Waals surface area contributed by atoms with Gasteiger partial charge in [0.15, 0.2) is 0 Å². The second kappa shape index (κ2) is 4.11. The van der Waals surface area contributed by atoms with Crippen molar-refractivity contribution in [2.75, 3.05) is 19.8 Å². The van der Waals surface area contributed by atoms with Gasteiger partial charge in [-0.25, -0.2) is 0 Å². The Hall–Kier alpha value is -0.540. The minimum Gasteiger partial charge on any atom is -0.398 e. The number of hydrogen-bond donors (Lipinski definition) is 1. The predicted octanol–water partition coefficient (Wildman–Crippen LogP) is 2.40. The van der Waals surface area contributed by atoms with Gasteiger partial charge in [-0.2, -0.15) is 0 Å². The van der Waals surface area contributed by atoms with Crippen molar-refractivity contribution in [2.24, 2.45) is 0 Å². The Kier molecular flexibility index (Phi) is 3.33. The lowest BCUT2D eigenvalue weighted by Crippen LogP contribution is -2.12. The molecule has 0 bridgehead atoms. The summed E-state index contributed by atoms with van der Waals surface area (Å²) in [6.07, 6.45) is 0. The second-order valence-corrected chi connectivity index (χ2v) is 4.41. The quantitative estimate of drug-likeness (QED) is 0.808. The zero-order valence-corrected chi connectivity index (χ0v) is 9.85. The van der Waals surface area contributed by atoms with Gasteiger partial charge in [0.1, 0.15) is 0 Å². The van der Waals surface area contributed by atoms with Crippen LogP contribution in [0.2, 0.25) is 0 Å². The molecule has 0 fully saturated rings. The number of aryl methyl sites for hydroxylation is 1. The summed E-state index contributed by atoms with van der Waals surface area (Å²) in [6.45, 7) is 2.95. The van der Waals surface area contributed by atoms with Crippen molar-refractivity contribution in [1.29, 1.82) is 0 Å². The average Bonchev–Trinajstić information content (AvgIpc) is 1.98. The lowest BCUT2D eigenvalue weighted by Gasteiger charge is -2.13. The number of nitrogens with two attached hydrogens (primary N) is 1. The van der Waals surface area contributed by atoms with Gasteiger partial charge in [0.25, 0.3) is 0 Å². The Morgan fingerprint density at radius 2 is 2.00 bits per heavy atom. The Balaban J connectivity index is 3.05. The summed E-state index contributed by atoms with van der Waals surface area (Å²) >= 11 is 3.44. The van der Waals surface area contributed by atoms with Gasteiger partial charge in [-0.15, -0.1) is 0 Å². The molecule has 0 aliphatic carbocycles. The summed E-state index contributed by atoms with van der Waals surface area (Å²) in [5, 5.41) is 0. The van der Waals surface area contributed by atoms with E-state index < -0.39 is 0 Å². The third-order valence-corrected chi connectivity index (χ3v) is 2.50. The van der Waals surface area contributed by atoms with Crippen LogP contribution >= 0.6 is 15.9 Å². The molecule has 1 aromatic carbocycles. The number of rotatable bonds is 2. The van der Waals surface area contributed by atoms with Gasteiger partial charge in [-0.3, -0.25) is 0 Å². The molecule has 0 heterocycles. The maximum atomic E-state index is 5.93. The van der Waals surface area contributed by atoms with Crippen LogP contribution in [0.3, 0.4) is 0 Å². The van der Waals surface area contributed by atoms with Gasteiger partial charge >= 0.3 is 0 Å². The van der Waals surface area contributed by atoms with Crippen molar-refractivity contribution in [3.05, 3.63) is 27.7 Å². The second-order valence-electron chi connectivity index (χ2n) is 3.56. The Morgan fingerprint density at radius 3 is 2.54 bits per heavy atom. The summed E-state index contributed by atoms with van der Waals surface area (Å²) in [7, 11) is 4.07. The van der Waals surface area contributed by atoms with Crippen LogP contribution in [0.25, 0.3) is 0 Å². The molecule has 0 unspecified atom stereocenters. The maximum Gasteiger partial charge on any atom is 0.0504 e. The molecule has 1 rings (SSSR count). The van der Waals surface area contributed by atoms with Crippen molar-refractivity contribution >= 4 is 21.6 Å². The summed E-state index contributed by atoms with van der Waals surface area (Å²) in [4.78, 5) is 2.11. The Labute approximate surface area is 87.9 Å². The summed E-state index contributed by atoms with van der Waals surface area (Å²) < 4.78 is 0.990. The lowest BCUT2D eigenvalue weighted by molar-refractivity contribution is 0.403. The van der Waals surface area contributed by atoms with Gasteiger partial charge in [-0.1, -0.05) is 6.07 Å². The molecule has 0 aromatic heterocycles. The van der Waals surface area contributed by atoms with Crippen LogP contribution < -0.4 is 5.73 Å². The molecule has 0 saturated carbocycles. The van der Waals surface area contributed by atoms with E-state index in [0.29, 0.717) is 0 Å². The molecular formula is C10H15BrN2. The van der Waals surface area contributed by atoms with E-state index in [2.05, 4.69) is 33.8 Å². The molecule has 0 amide bonds. The number of halogens is 1. The zero-order chi connectivity index (χ0) is 10.0. The molecule has 2 nitrogen and oxygen atoms in total. The van der Waals surface area contributed by atoms with E-state index in [9.17, 15) is 0 Å². The average molecular weight is 243 g/mol. The summed E-state index contributed by atoms with van der Waals surface area (Å²) in [5.41, 5.74) is 9.18. The standard InChI is InChI=1S/C10H15BrN2/c1-7-4-8(6-13(2)3)10(12)9(11)5-7/h4-5H,6,12H2,1-3H3. The normalized spacial score (nSPS) is 10.8. The molecule has 3 heteroatoms. The maximum absolute atomic E-state index is 5.93. The largest absolute Gasteiger partial charge is 0.398 e. The Bertz CT molecular complexity index is 308. The van der Waals surface area contributed by atoms with Crippen molar-refractivity contribution < 1.29 is 0 Å². The van der Waals surface area contributed by atoms with Crippen LogP contribution in [0, 0.1) is 6.92 Å². The van der Waals surface area contributed by atoms with E-state index in [1.165, 1.54) is 11.1 Å². The first-order chi connectivity index (χ1) is 6.00. The fourth-order valence-electron chi connectivity index (χ4n) is 1.30. The van der Waals surface area contributed by atoms with Crippen LogP contribution in [0.4, 0.5) is 5.69 Å². The summed E-state index contributed by atoms with van der Waals surface area (Å²) in [6, 6.07) is 4.16. The van der Waals surface area contributed by atoms with Gasteiger partial charge in [-0.05, 0) is 54.1 Å². The van der Waals surface area contributed by atoms with Crippen LogP contribution in [-0.4, -0.2) is 19.0 Å². The first-order valence-corrected chi connectivity index (χ1v) is 4.99. The third kappa shape index (κ3) is 2.71. The molecule has 2 N–H and O–H groups in total. The topological polar surface area (TPSA) is 29.3 Å². The van der Waals surface area contributed by atoms with Crippen molar-refractivity contribution in [3.63, 3.8) is 0 Å². The van der Waals surface area contributed by atoms with Gasteiger partial charge in [0, 0.05) is 11.0 Å².